The van der Waals surface area contributed by atoms with Gasteiger partial charge in [0.05, 0.1) is 11.9 Å². The molecule has 10 heteroatoms. The fourth-order valence-corrected chi connectivity index (χ4v) is 2.70. The van der Waals surface area contributed by atoms with Crippen molar-refractivity contribution in [2.24, 2.45) is 0 Å². The quantitative estimate of drug-likeness (QED) is 0.402. The third kappa shape index (κ3) is 6.39. The zero-order chi connectivity index (χ0) is 22.1. The van der Waals surface area contributed by atoms with Crippen LogP contribution in [0.1, 0.15) is 22.5 Å². The zero-order valence-electron chi connectivity index (χ0n) is 16.5. The predicted octanol–water partition coefficient (Wildman–Crippen LogP) is 1.25. The molecule has 1 heterocycles. The maximum atomic E-state index is 12.2. The second kappa shape index (κ2) is 10.5. The lowest BCUT2D eigenvalue weighted by Crippen LogP contribution is -2.41. The van der Waals surface area contributed by atoms with E-state index < -0.39 is 30.4 Å². The van der Waals surface area contributed by atoms with E-state index in [9.17, 15) is 19.2 Å². The Kier molecular flexibility index (Phi) is 7.30. The lowest BCUT2D eigenvalue weighted by Gasteiger charge is -2.08. The van der Waals surface area contributed by atoms with Gasteiger partial charge in [-0.1, -0.05) is 48.5 Å². The number of para-hydroxylation sites is 1. The molecule has 0 radical (unpaired) electrons. The van der Waals surface area contributed by atoms with E-state index >= 15 is 0 Å². The summed E-state index contributed by atoms with van der Waals surface area (Å²) in [5, 5.41) is 14.6. The zero-order valence-corrected chi connectivity index (χ0v) is 16.5. The highest BCUT2D eigenvalue weighted by Gasteiger charge is 2.15. The van der Waals surface area contributed by atoms with Crippen molar-refractivity contribution in [1.29, 1.82) is 0 Å². The van der Waals surface area contributed by atoms with Gasteiger partial charge in [0.15, 0.2) is 12.3 Å². The minimum atomic E-state index is -0.758. The molecular weight excluding hydrogens is 402 g/mol. The Balaban J connectivity index is 1.32. The molecule has 0 spiro atoms. The monoisotopic (exact) mass is 423 g/mol. The maximum absolute atomic E-state index is 12.2. The first-order chi connectivity index (χ1) is 15.0. The molecule has 0 aliphatic carbocycles. The Labute approximate surface area is 177 Å². The normalized spacial score (nSPS) is 10.3. The summed E-state index contributed by atoms with van der Waals surface area (Å²) in [7, 11) is 0. The Morgan fingerprint density at radius 2 is 1.68 bits per heavy atom. The number of ether oxygens (including phenoxy) is 1. The molecule has 3 aromatic rings. The number of nitrogens with zero attached hydrogens (tertiary/aromatic N) is 1. The largest absolute Gasteiger partial charge is 0.456 e. The first-order valence-corrected chi connectivity index (χ1v) is 9.51. The van der Waals surface area contributed by atoms with E-state index in [-0.39, 0.29) is 25.2 Å². The van der Waals surface area contributed by atoms with Gasteiger partial charge in [-0.25, -0.2) is 4.79 Å². The average Bonchev–Trinajstić information content (AvgIpc) is 3.21. The molecule has 1 aromatic heterocycles. The molecule has 0 aliphatic heterocycles. The van der Waals surface area contributed by atoms with Gasteiger partial charge in [0, 0.05) is 18.5 Å². The number of carbonyl (C=O) groups excluding carboxylic acids is 4. The Morgan fingerprint density at radius 3 is 2.48 bits per heavy atom. The molecule has 0 saturated carbocycles. The summed E-state index contributed by atoms with van der Waals surface area (Å²) >= 11 is 0. The molecule has 31 heavy (non-hydrogen) atoms. The lowest BCUT2D eigenvalue weighted by atomic mass is 10.2. The van der Waals surface area contributed by atoms with Gasteiger partial charge in [-0.05, 0) is 11.6 Å². The number of amides is 4. The van der Waals surface area contributed by atoms with E-state index in [2.05, 4.69) is 26.1 Å². The first-order valence-electron chi connectivity index (χ1n) is 9.51. The molecule has 0 aliphatic rings. The number of nitrogens with one attached hydrogen (secondary N) is 4. The Hall–Kier alpha value is -4.21. The number of benzene rings is 2. The summed E-state index contributed by atoms with van der Waals surface area (Å²) in [5.74, 6) is -1.88. The number of esters is 1. The number of rotatable bonds is 8. The molecule has 2 aromatic carbocycles. The number of fused-ring (bicyclic) bond motifs is 1. The number of H-pyrrole nitrogens is 1. The highest BCUT2D eigenvalue weighted by Crippen LogP contribution is 2.14. The summed E-state index contributed by atoms with van der Waals surface area (Å²) in [6, 6.07) is 15.7. The molecule has 0 fully saturated rings. The summed E-state index contributed by atoms with van der Waals surface area (Å²) < 4.78 is 4.81. The molecule has 4 N–H and O–H groups in total. The lowest BCUT2D eigenvalue weighted by molar-refractivity contribution is -0.148. The van der Waals surface area contributed by atoms with Gasteiger partial charge in [0.2, 0.25) is 0 Å². The van der Waals surface area contributed by atoms with E-state index in [0.29, 0.717) is 5.39 Å². The van der Waals surface area contributed by atoms with E-state index in [1.807, 2.05) is 36.4 Å². The van der Waals surface area contributed by atoms with Gasteiger partial charge in [-0.3, -0.25) is 24.8 Å². The van der Waals surface area contributed by atoms with Crippen LogP contribution in [-0.4, -0.2) is 47.2 Å². The van der Waals surface area contributed by atoms with Crippen molar-refractivity contribution in [3.8, 4) is 0 Å². The first kappa shape index (κ1) is 21.5. The van der Waals surface area contributed by atoms with Gasteiger partial charge < -0.3 is 15.4 Å². The molecule has 0 saturated heterocycles. The third-order valence-electron chi connectivity index (χ3n) is 4.21. The van der Waals surface area contributed by atoms with E-state index in [1.54, 1.807) is 18.2 Å². The maximum Gasteiger partial charge on any atom is 0.321 e. The molecule has 0 atom stereocenters. The van der Waals surface area contributed by atoms with Crippen LogP contribution >= 0.6 is 0 Å². The number of aromatic amines is 1. The van der Waals surface area contributed by atoms with Gasteiger partial charge in [0.1, 0.15) is 0 Å². The van der Waals surface area contributed by atoms with Crippen molar-refractivity contribution >= 4 is 34.7 Å². The molecule has 10 nitrogen and oxygen atoms in total. The van der Waals surface area contributed by atoms with Crippen molar-refractivity contribution in [3.05, 3.63) is 65.9 Å². The predicted molar refractivity (Wildman–Crippen MR) is 111 cm³/mol. The second-order valence-corrected chi connectivity index (χ2v) is 6.50. The third-order valence-corrected chi connectivity index (χ3v) is 4.21. The average molecular weight is 423 g/mol. The van der Waals surface area contributed by atoms with Gasteiger partial charge in [-0.2, -0.15) is 5.10 Å². The van der Waals surface area contributed by atoms with Crippen molar-refractivity contribution in [3.63, 3.8) is 0 Å². The summed E-state index contributed by atoms with van der Waals surface area (Å²) in [6.07, 6.45) is -0.137. The van der Waals surface area contributed by atoms with Gasteiger partial charge in [0.25, 0.3) is 11.8 Å². The van der Waals surface area contributed by atoms with Crippen LogP contribution < -0.4 is 16.0 Å². The van der Waals surface area contributed by atoms with Crippen molar-refractivity contribution in [2.45, 2.75) is 13.0 Å². The second-order valence-electron chi connectivity index (χ2n) is 6.50. The molecule has 4 amide bonds. The van der Waals surface area contributed by atoms with Gasteiger partial charge >= 0.3 is 12.0 Å². The number of carbonyl (C=O) groups is 4. The van der Waals surface area contributed by atoms with Crippen LogP contribution in [-0.2, 0) is 20.9 Å². The van der Waals surface area contributed by atoms with Gasteiger partial charge in [-0.15, -0.1) is 0 Å². The van der Waals surface area contributed by atoms with Crippen molar-refractivity contribution in [1.82, 2.24) is 26.1 Å². The molecule has 0 unspecified atom stereocenters. The van der Waals surface area contributed by atoms with Crippen LogP contribution in [0.15, 0.2) is 54.6 Å². The number of hydrogen-bond acceptors (Lipinski definition) is 6. The number of imide groups is 1. The Bertz CT molecular complexity index is 1080. The van der Waals surface area contributed by atoms with E-state index in [1.165, 1.54) is 0 Å². The van der Waals surface area contributed by atoms with Crippen LogP contribution in [0.5, 0.6) is 0 Å². The Morgan fingerprint density at radius 1 is 0.935 bits per heavy atom. The van der Waals surface area contributed by atoms with Crippen LogP contribution in [0, 0.1) is 0 Å². The van der Waals surface area contributed by atoms with E-state index in [4.69, 9.17) is 4.74 Å². The minimum Gasteiger partial charge on any atom is -0.456 e. The van der Waals surface area contributed by atoms with Crippen molar-refractivity contribution < 1.29 is 23.9 Å². The molecular formula is C21H21N5O5. The van der Waals surface area contributed by atoms with E-state index in [0.717, 1.165) is 11.1 Å². The van der Waals surface area contributed by atoms with Crippen LogP contribution in [0.2, 0.25) is 0 Å². The van der Waals surface area contributed by atoms with Crippen LogP contribution in [0.3, 0.4) is 0 Å². The highest BCUT2D eigenvalue weighted by molar-refractivity contribution is 6.04. The number of hydrogen-bond donors (Lipinski definition) is 4. The number of urea groups is 1. The molecule has 160 valence electrons. The smallest absolute Gasteiger partial charge is 0.321 e. The SMILES string of the molecule is O=C(COC(=O)CCNC(=O)c1n[nH]c2ccccc12)NC(=O)NCc1ccccc1. The molecule has 3 rings (SSSR count). The number of aromatic nitrogens is 2. The fraction of sp³-hybridized carbons (Fsp3) is 0.190. The highest BCUT2D eigenvalue weighted by atomic mass is 16.5. The standard InChI is InChI=1S/C21H21N5O5/c27-17(24-21(30)23-12-14-6-2-1-3-7-14)13-31-18(28)10-11-22-20(29)19-15-8-4-5-9-16(15)25-26-19/h1-9H,10-13H2,(H,22,29)(H,25,26)(H2,23,24,27,30). The summed E-state index contributed by atoms with van der Waals surface area (Å²) in [5.41, 5.74) is 1.83. The van der Waals surface area contributed by atoms with Crippen LogP contribution in [0.4, 0.5) is 4.79 Å². The fourth-order valence-electron chi connectivity index (χ4n) is 2.70. The van der Waals surface area contributed by atoms with Crippen LogP contribution in [0.25, 0.3) is 10.9 Å². The summed E-state index contributed by atoms with van der Waals surface area (Å²) in [4.78, 5) is 47.3. The topological polar surface area (TPSA) is 142 Å². The summed E-state index contributed by atoms with van der Waals surface area (Å²) in [6.45, 7) is -0.335. The minimum absolute atomic E-state index is 0.0119. The van der Waals surface area contributed by atoms with Crippen molar-refractivity contribution in [2.75, 3.05) is 13.2 Å². The molecule has 0 bridgehead atoms.